The lowest BCUT2D eigenvalue weighted by atomic mass is 10.1. The molecule has 0 aliphatic carbocycles. The Bertz CT molecular complexity index is 998. The summed E-state index contributed by atoms with van der Waals surface area (Å²) in [6, 6.07) is 13.4. The van der Waals surface area contributed by atoms with Gasteiger partial charge in [-0.15, -0.1) is 0 Å². The Morgan fingerprint density at radius 1 is 1.29 bits per heavy atom. The number of amides is 1. The molecular formula is C21H19ClN2O3S. The number of fused-ring (bicyclic) bond motifs is 2. The Balaban J connectivity index is 1.44. The van der Waals surface area contributed by atoms with Crippen molar-refractivity contribution in [3.05, 3.63) is 53.1 Å². The van der Waals surface area contributed by atoms with E-state index in [0.717, 1.165) is 41.0 Å². The number of nitrogens with zero attached hydrogens (tertiary/aromatic N) is 2. The standard InChI is InChI=1S/C21H19ClN2O3S/c22-14-7-8-17-13(10-14)11-18(27-17)20(25)24(12-15-4-3-9-26-15)21-23-16-5-1-2-6-19(16)28-21/h1-2,5-8,10,15,18H,3-4,9,11-12H2/t15-,18+/m1/s1. The molecule has 0 N–H and O–H groups in total. The fourth-order valence-corrected chi connectivity index (χ4v) is 4.93. The van der Waals surface area contributed by atoms with Gasteiger partial charge in [-0.3, -0.25) is 9.69 Å². The van der Waals surface area contributed by atoms with E-state index < -0.39 is 6.10 Å². The minimum Gasteiger partial charge on any atom is -0.480 e. The Labute approximate surface area is 171 Å². The van der Waals surface area contributed by atoms with Crippen LogP contribution in [-0.4, -0.2) is 36.3 Å². The predicted molar refractivity (Wildman–Crippen MR) is 111 cm³/mol. The number of rotatable bonds is 4. The molecule has 144 valence electrons. The van der Waals surface area contributed by atoms with Gasteiger partial charge >= 0.3 is 0 Å². The Morgan fingerprint density at radius 3 is 3.00 bits per heavy atom. The summed E-state index contributed by atoms with van der Waals surface area (Å²) in [4.78, 5) is 19.9. The Hall–Kier alpha value is -2.15. The maximum atomic E-state index is 13.4. The van der Waals surface area contributed by atoms with Gasteiger partial charge in [-0.05, 0) is 48.7 Å². The molecule has 28 heavy (non-hydrogen) atoms. The number of carbonyl (C=O) groups excluding carboxylic acids is 1. The number of hydrogen-bond acceptors (Lipinski definition) is 5. The summed E-state index contributed by atoms with van der Waals surface area (Å²) >= 11 is 7.62. The summed E-state index contributed by atoms with van der Waals surface area (Å²) < 4.78 is 12.8. The number of halogens is 1. The van der Waals surface area contributed by atoms with E-state index in [9.17, 15) is 4.79 Å². The molecule has 0 bridgehead atoms. The van der Waals surface area contributed by atoms with Crippen molar-refractivity contribution in [2.24, 2.45) is 0 Å². The summed E-state index contributed by atoms with van der Waals surface area (Å²) in [5, 5.41) is 1.34. The second-order valence-electron chi connectivity index (χ2n) is 7.11. The first-order chi connectivity index (χ1) is 13.7. The predicted octanol–water partition coefficient (Wildman–Crippen LogP) is 4.47. The van der Waals surface area contributed by atoms with Crippen molar-refractivity contribution in [3.63, 3.8) is 0 Å². The van der Waals surface area contributed by atoms with Gasteiger partial charge in [0.1, 0.15) is 5.75 Å². The number of anilines is 1. The highest BCUT2D eigenvalue weighted by atomic mass is 35.5. The maximum absolute atomic E-state index is 13.4. The van der Waals surface area contributed by atoms with Gasteiger partial charge in [-0.1, -0.05) is 35.1 Å². The summed E-state index contributed by atoms with van der Waals surface area (Å²) in [5.41, 5.74) is 1.86. The quantitative estimate of drug-likeness (QED) is 0.632. The lowest BCUT2D eigenvalue weighted by molar-refractivity contribution is -0.125. The maximum Gasteiger partial charge on any atom is 0.270 e. The molecule has 2 atom stereocenters. The van der Waals surface area contributed by atoms with Crippen LogP contribution in [0.15, 0.2) is 42.5 Å². The third-order valence-electron chi connectivity index (χ3n) is 5.16. The zero-order valence-corrected chi connectivity index (χ0v) is 16.7. The molecule has 2 aliphatic heterocycles. The molecule has 1 amide bonds. The van der Waals surface area contributed by atoms with Crippen LogP contribution in [-0.2, 0) is 16.0 Å². The SMILES string of the molecule is O=C([C@@H]1Cc2cc(Cl)ccc2O1)N(C[C@H]1CCCO1)c1nc2ccccc2s1. The second-order valence-corrected chi connectivity index (χ2v) is 8.56. The number of para-hydroxylation sites is 1. The average Bonchev–Trinajstić information content (AvgIpc) is 3.43. The largest absolute Gasteiger partial charge is 0.480 e. The monoisotopic (exact) mass is 414 g/mol. The van der Waals surface area contributed by atoms with Gasteiger partial charge in [-0.2, -0.15) is 0 Å². The van der Waals surface area contributed by atoms with Gasteiger partial charge in [0.2, 0.25) is 0 Å². The van der Waals surface area contributed by atoms with Gasteiger partial charge in [0, 0.05) is 18.1 Å². The van der Waals surface area contributed by atoms with E-state index in [2.05, 4.69) is 0 Å². The van der Waals surface area contributed by atoms with Crippen LogP contribution in [0, 0.1) is 0 Å². The fourth-order valence-electron chi connectivity index (χ4n) is 3.76. The second kappa shape index (κ2) is 7.35. The first-order valence-electron chi connectivity index (χ1n) is 9.41. The van der Waals surface area contributed by atoms with E-state index in [-0.39, 0.29) is 12.0 Å². The normalized spacial score (nSPS) is 20.9. The van der Waals surface area contributed by atoms with E-state index in [1.54, 1.807) is 11.0 Å². The van der Waals surface area contributed by atoms with E-state index >= 15 is 0 Å². The molecular weight excluding hydrogens is 396 g/mol. The van der Waals surface area contributed by atoms with Crippen LogP contribution in [0.5, 0.6) is 5.75 Å². The first kappa shape index (κ1) is 17.9. The van der Waals surface area contributed by atoms with E-state index in [0.29, 0.717) is 23.1 Å². The molecule has 2 aliphatic rings. The van der Waals surface area contributed by atoms with Gasteiger partial charge in [-0.25, -0.2) is 4.98 Å². The number of ether oxygens (including phenoxy) is 2. The number of aromatic nitrogens is 1. The van der Waals surface area contributed by atoms with E-state index in [1.165, 1.54) is 11.3 Å². The molecule has 0 saturated carbocycles. The third kappa shape index (κ3) is 3.36. The van der Waals surface area contributed by atoms with Gasteiger partial charge in [0.15, 0.2) is 11.2 Å². The smallest absolute Gasteiger partial charge is 0.270 e. The molecule has 2 aromatic carbocycles. The van der Waals surface area contributed by atoms with Crippen LogP contribution in [0.4, 0.5) is 5.13 Å². The topological polar surface area (TPSA) is 51.7 Å². The molecule has 3 heterocycles. The van der Waals surface area contributed by atoms with Gasteiger partial charge in [0.05, 0.1) is 22.9 Å². The molecule has 0 radical (unpaired) electrons. The fraction of sp³-hybridized carbons (Fsp3) is 0.333. The molecule has 5 rings (SSSR count). The number of carbonyl (C=O) groups is 1. The minimum atomic E-state index is -0.568. The van der Waals surface area contributed by atoms with Crippen molar-refractivity contribution >= 4 is 44.2 Å². The summed E-state index contributed by atoms with van der Waals surface area (Å²) in [6.07, 6.45) is 1.96. The molecule has 3 aromatic rings. The van der Waals surface area contributed by atoms with Crippen LogP contribution < -0.4 is 9.64 Å². The van der Waals surface area contributed by atoms with Crippen LogP contribution in [0.1, 0.15) is 18.4 Å². The zero-order valence-electron chi connectivity index (χ0n) is 15.1. The van der Waals surface area contributed by atoms with Crippen molar-refractivity contribution < 1.29 is 14.3 Å². The number of thiazole rings is 1. The van der Waals surface area contributed by atoms with Gasteiger partial charge in [0.25, 0.3) is 5.91 Å². The van der Waals surface area contributed by atoms with Crippen LogP contribution in [0.3, 0.4) is 0 Å². The molecule has 1 saturated heterocycles. The zero-order chi connectivity index (χ0) is 19.1. The van der Waals surface area contributed by atoms with Crippen LogP contribution in [0.2, 0.25) is 5.02 Å². The molecule has 5 nitrogen and oxygen atoms in total. The van der Waals surface area contributed by atoms with E-state index in [1.807, 2.05) is 36.4 Å². The van der Waals surface area contributed by atoms with Crippen molar-refractivity contribution in [2.75, 3.05) is 18.1 Å². The highest BCUT2D eigenvalue weighted by Crippen LogP contribution is 2.34. The van der Waals surface area contributed by atoms with Crippen molar-refractivity contribution in [3.8, 4) is 5.75 Å². The Kier molecular flexibility index (Phi) is 4.70. The van der Waals surface area contributed by atoms with Gasteiger partial charge < -0.3 is 9.47 Å². The summed E-state index contributed by atoms with van der Waals surface area (Å²) in [7, 11) is 0. The summed E-state index contributed by atoms with van der Waals surface area (Å²) in [5.74, 6) is 0.644. The molecule has 0 unspecified atom stereocenters. The number of benzene rings is 2. The summed E-state index contributed by atoms with van der Waals surface area (Å²) in [6.45, 7) is 1.24. The third-order valence-corrected chi connectivity index (χ3v) is 6.46. The van der Waals surface area contributed by atoms with Crippen molar-refractivity contribution in [1.82, 2.24) is 4.98 Å². The lowest BCUT2D eigenvalue weighted by Gasteiger charge is -2.25. The highest BCUT2D eigenvalue weighted by molar-refractivity contribution is 7.22. The van der Waals surface area contributed by atoms with E-state index in [4.69, 9.17) is 26.1 Å². The Morgan fingerprint density at radius 2 is 2.18 bits per heavy atom. The minimum absolute atomic E-state index is 0.0363. The molecule has 1 fully saturated rings. The van der Waals surface area contributed by atoms with Crippen LogP contribution >= 0.6 is 22.9 Å². The molecule has 0 spiro atoms. The van der Waals surface area contributed by atoms with Crippen molar-refractivity contribution in [2.45, 2.75) is 31.5 Å². The van der Waals surface area contributed by atoms with Crippen molar-refractivity contribution in [1.29, 1.82) is 0 Å². The van der Waals surface area contributed by atoms with Crippen LogP contribution in [0.25, 0.3) is 10.2 Å². The number of hydrogen-bond donors (Lipinski definition) is 0. The average molecular weight is 415 g/mol. The molecule has 7 heteroatoms. The highest BCUT2D eigenvalue weighted by Gasteiger charge is 2.36. The lowest BCUT2D eigenvalue weighted by Crippen LogP contribution is -2.45. The molecule has 1 aromatic heterocycles. The first-order valence-corrected chi connectivity index (χ1v) is 10.6.